The number of anilines is 1. The summed E-state index contributed by atoms with van der Waals surface area (Å²) >= 11 is 0. The topological polar surface area (TPSA) is 87.5 Å². The van der Waals surface area contributed by atoms with E-state index in [0.29, 0.717) is 6.07 Å². The van der Waals surface area contributed by atoms with Gasteiger partial charge >= 0.3 is 5.97 Å². The number of pyridine rings is 2. The van der Waals surface area contributed by atoms with Crippen LogP contribution in [0.4, 0.5) is 10.2 Å². The third-order valence-electron chi connectivity index (χ3n) is 3.23. The second-order valence-corrected chi connectivity index (χ2v) is 4.56. The van der Waals surface area contributed by atoms with Gasteiger partial charge in [-0.05, 0) is 13.0 Å². The molecule has 0 amide bonds. The number of hydrogen-bond donors (Lipinski definition) is 2. The molecule has 1 aliphatic heterocycles. The molecule has 0 atom stereocenters. The molecule has 0 spiro atoms. The van der Waals surface area contributed by atoms with Crippen molar-refractivity contribution < 1.29 is 25.3 Å². The number of carbonyl (C=O) groups is 1. The molecule has 2 N–H and O–H groups in total. The molecule has 2 aromatic rings. The second-order valence-electron chi connectivity index (χ2n) is 4.56. The molecule has 0 aromatic carbocycles. The first-order chi connectivity index (χ1) is 14.0. The van der Waals surface area contributed by atoms with Crippen LogP contribution >= 0.6 is 0 Å². The Morgan fingerprint density at radius 1 is 1.52 bits per heavy atom. The van der Waals surface area contributed by atoms with E-state index in [1.54, 1.807) is 12.2 Å². The molecular formula is C15H17FN4O3. The maximum Gasteiger partial charge on any atom is 0.341 e. The van der Waals surface area contributed by atoms with Gasteiger partial charge in [0.05, 0.1) is 10.9 Å². The van der Waals surface area contributed by atoms with E-state index in [0.717, 1.165) is 10.8 Å². The van der Waals surface area contributed by atoms with Crippen LogP contribution in [0.25, 0.3) is 11.0 Å². The van der Waals surface area contributed by atoms with Crippen LogP contribution in [0.15, 0.2) is 17.1 Å². The summed E-state index contributed by atoms with van der Waals surface area (Å²) in [5.41, 5.74) is -2.04. The van der Waals surface area contributed by atoms with Crippen LogP contribution in [0, 0.1) is 5.82 Å². The molecule has 1 saturated heterocycles. The van der Waals surface area contributed by atoms with E-state index in [9.17, 15) is 14.7 Å². The van der Waals surface area contributed by atoms with Gasteiger partial charge in [-0.1, -0.05) is 0 Å². The van der Waals surface area contributed by atoms with E-state index in [1.165, 1.54) is 0 Å². The average molecular weight is 328 g/mol. The van der Waals surface area contributed by atoms with Gasteiger partial charge in [0.15, 0.2) is 11.6 Å². The number of fused-ring (bicyclic) bond motifs is 1. The van der Waals surface area contributed by atoms with Gasteiger partial charge in [-0.2, -0.15) is 0 Å². The lowest BCUT2D eigenvalue weighted by atomic mass is 10.2. The zero-order valence-electron chi connectivity index (χ0n) is 19.8. The number of aryl methyl sites for hydroxylation is 1. The predicted molar refractivity (Wildman–Crippen MR) is 83.7 cm³/mol. The minimum Gasteiger partial charge on any atom is -0.477 e. The number of carboxylic acid groups (broad SMARTS) is 1. The largest absolute Gasteiger partial charge is 0.477 e. The Balaban J connectivity index is 2.41. The number of aromatic carboxylic acids is 1. The van der Waals surface area contributed by atoms with Crippen LogP contribution in [-0.4, -0.2) is 46.6 Å². The fourth-order valence-corrected chi connectivity index (χ4v) is 2.16. The van der Waals surface area contributed by atoms with Gasteiger partial charge in [-0.15, -0.1) is 0 Å². The monoisotopic (exact) mass is 328 g/mol. The summed E-state index contributed by atoms with van der Waals surface area (Å²) in [6, 6.07) is 0.554. The highest BCUT2D eigenvalue weighted by Gasteiger charge is 2.21. The normalized spacial score (nSPS) is 29.0. The highest BCUT2D eigenvalue weighted by atomic mass is 19.1. The fraction of sp³-hybridized carbons (Fsp3) is 0.400. The number of nitrogens with zero attached hydrogens (tertiary/aromatic N) is 3. The van der Waals surface area contributed by atoms with E-state index in [1.807, 2.05) is 0 Å². The molecule has 2 aromatic heterocycles. The van der Waals surface area contributed by atoms with E-state index >= 15 is 4.39 Å². The van der Waals surface area contributed by atoms with Crippen LogP contribution in [0.3, 0.4) is 0 Å². The summed E-state index contributed by atoms with van der Waals surface area (Å²) in [5.74, 6) is -4.10. The van der Waals surface area contributed by atoms with Gasteiger partial charge in [0.2, 0.25) is 5.43 Å². The summed E-state index contributed by atoms with van der Waals surface area (Å²) in [6.45, 7) is -11.4. The van der Waals surface area contributed by atoms with E-state index in [2.05, 4.69) is 4.98 Å². The Kier molecular flexibility index (Phi) is 2.17. The van der Waals surface area contributed by atoms with Crippen molar-refractivity contribution in [3.05, 3.63) is 33.9 Å². The summed E-state index contributed by atoms with van der Waals surface area (Å²) < 4.78 is 79.8. The minimum absolute atomic E-state index is 0.0537. The van der Waals surface area contributed by atoms with Crippen molar-refractivity contribution in [2.75, 3.05) is 30.9 Å². The molecule has 7 nitrogen and oxygen atoms in total. The van der Waals surface area contributed by atoms with Crippen molar-refractivity contribution in [1.82, 2.24) is 14.9 Å². The van der Waals surface area contributed by atoms with Gasteiger partial charge in [0, 0.05) is 44.2 Å². The molecule has 23 heavy (non-hydrogen) atoms. The first-order valence-electron chi connectivity index (χ1n) is 10.6. The van der Waals surface area contributed by atoms with Gasteiger partial charge in [0.1, 0.15) is 11.2 Å². The zero-order chi connectivity index (χ0) is 23.7. The first kappa shape index (κ1) is 8.39. The average Bonchev–Trinajstić information content (AvgIpc) is 2.60. The Hall–Kier alpha value is -2.48. The Labute approximate surface area is 142 Å². The molecule has 0 saturated carbocycles. The Morgan fingerprint density at radius 2 is 2.22 bits per heavy atom. The maximum atomic E-state index is 15.0. The summed E-state index contributed by atoms with van der Waals surface area (Å²) in [4.78, 5) is 27.5. The molecule has 0 aliphatic carbocycles. The number of nitrogens with one attached hydrogen (secondary N) is 1. The number of hydrogen-bond acceptors (Lipinski definition) is 5. The molecule has 0 bridgehead atoms. The van der Waals surface area contributed by atoms with Crippen LogP contribution < -0.4 is 15.6 Å². The van der Waals surface area contributed by atoms with E-state index < -0.39 is 60.0 Å². The highest BCUT2D eigenvalue weighted by Crippen LogP contribution is 2.21. The quantitative estimate of drug-likeness (QED) is 0.861. The first-order valence-corrected chi connectivity index (χ1v) is 6.56. The summed E-state index contributed by atoms with van der Waals surface area (Å²) in [6.07, 6.45) is 0.946. The van der Waals surface area contributed by atoms with Crippen molar-refractivity contribution in [3.63, 3.8) is 0 Å². The third kappa shape index (κ3) is 2.65. The van der Waals surface area contributed by atoms with Gasteiger partial charge in [0.25, 0.3) is 0 Å². The van der Waals surface area contributed by atoms with Crippen molar-refractivity contribution in [2.45, 2.75) is 13.5 Å². The minimum atomic E-state index is -3.33. The van der Waals surface area contributed by atoms with Crippen LogP contribution in [-0.2, 0) is 6.54 Å². The third-order valence-corrected chi connectivity index (χ3v) is 3.23. The zero-order valence-corrected chi connectivity index (χ0v) is 11.8. The molecule has 1 aliphatic rings. The van der Waals surface area contributed by atoms with Crippen molar-refractivity contribution in [3.8, 4) is 0 Å². The number of carboxylic acids is 1. The summed E-state index contributed by atoms with van der Waals surface area (Å²) in [5, 5.41) is 10.4. The van der Waals surface area contributed by atoms with Gasteiger partial charge in [-0.3, -0.25) is 4.79 Å². The molecule has 0 radical (unpaired) electrons. The molecular weight excluding hydrogens is 303 g/mol. The van der Waals surface area contributed by atoms with E-state index in [4.69, 9.17) is 11.0 Å². The molecule has 0 unspecified atom stereocenters. The van der Waals surface area contributed by atoms with Crippen molar-refractivity contribution in [2.24, 2.45) is 0 Å². The summed E-state index contributed by atoms with van der Waals surface area (Å²) in [7, 11) is 0. The number of halogens is 1. The smallest absolute Gasteiger partial charge is 0.341 e. The fourth-order valence-electron chi connectivity index (χ4n) is 2.16. The van der Waals surface area contributed by atoms with Gasteiger partial charge in [-0.25, -0.2) is 14.2 Å². The number of piperazine rings is 1. The molecule has 3 rings (SSSR count). The lowest BCUT2D eigenvalue weighted by Crippen LogP contribution is -2.44. The molecule has 1 fully saturated rings. The lowest BCUT2D eigenvalue weighted by Gasteiger charge is -2.29. The van der Waals surface area contributed by atoms with Crippen LogP contribution in [0.1, 0.15) is 28.2 Å². The number of aromatic nitrogens is 2. The van der Waals surface area contributed by atoms with Crippen LogP contribution in [0.2, 0.25) is 0 Å². The van der Waals surface area contributed by atoms with Crippen LogP contribution in [0.5, 0.6) is 0 Å². The highest BCUT2D eigenvalue weighted by molar-refractivity contribution is 5.92. The molecule has 8 heteroatoms. The maximum absolute atomic E-state index is 15.0. The second kappa shape index (κ2) is 5.96. The van der Waals surface area contributed by atoms with Gasteiger partial charge < -0.3 is 19.9 Å². The van der Waals surface area contributed by atoms with E-state index in [-0.39, 0.29) is 17.1 Å². The number of rotatable bonds is 3. The standard InChI is InChI=1S/C15H17FN4O3/c1-2-19-8-10(15(22)23)12(21)9-7-11(16)14(18-13(9)19)20-5-3-17-4-6-20/h7-8,17H,2-6H2,1H3,(H,22,23)/i3D2,4D2,5D2,6D2. The van der Waals surface area contributed by atoms with Crippen molar-refractivity contribution in [1.29, 1.82) is 0 Å². The Morgan fingerprint density at radius 3 is 2.83 bits per heavy atom. The Bertz CT molecular complexity index is 1130. The SMILES string of the molecule is [2H]C1([2H])NC([2H])([2H])C([2H])([2H])N(c2nc3c(cc2F)c(=O)c(C(=O)O)cn3CC)C1([2H])[2H]. The predicted octanol–water partition coefficient (Wildman–Crippen LogP) is 0.663. The lowest BCUT2D eigenvalue weighted by molar-refractivity contribution is 0.0695. The van der Waals surface area contributed by atoms with Crippen molar-refractivity contribution >= 4 is 22.8 Å². The molecule has 122 valence electrons. The molecule has 3 heterocycles.